The maximum atomic E-state index is 9.67. The molecule has 0 amide bonds. The Bertz CT molecular complexity index is 360. The SMILES string of the molecule is CCCC(O)CNCc1c(C)nn(CCC)c1C. The van der Waals surface area contributed by atoms with Crippen LogP contribution in [0.5, 0.6) is 0 Å². The number of aliphatic hydroxyl groups is 1. The van der Waals surface area contributed by atoms with Crippen LogP contribution in [-0.4, -0.2) is 27.5 Å². The van der Waals surface area contributed by atoms with Crippen LogP contribution in [0, 0.1) is 13.8 Å². The summed E-state index contributed by atoms with van der Waals surface area (Å²) < 4.78 is 2.08. The van der Waals surface area contributed by atoms with Crippen LogP contribution in [0.2, 0.25) is 0 Å². The summed E-state index contributed by atoms with van der Waals surface area (Å²) >= 11 is 0. The third kappa shape index (κ3) is 4.10. The van der Waals surface area contributed by atoms with Gasteiger partial charge in [0.2, 0.25) is 0 Å². The first-order chi connectivity index (χ1) is 8.60. The van der Waals surface area contributed by atoms with Crippen molar-refractivity contribution in [1.29, 1.82) is 0 Å². The van der Waals surface area contributed by atoms with E-state index < -0.39 is 0 Å². The number of nitrogens with one attached hydrogen (secondary N) is 1. The number of aromatic nitrogens is 2. The van der Waals surface area contributed by atoms with Gasteiger partial charge in [0.15, 0.2) is 0 Å². The first-order valence-corrected chi connectivity index (χ1v) is 7.01. The van der Waals surface area contributed by atoms with Gasteiger partial charge in [-0.15, -0.1) is 0 Å². The summed E-state index contributed by atoms with van der Waals surface area (Å²) in [7, 11) is 0. The highest BCUT2D eigenvalue weighted by atomic mass is 16.3. The van der Waals surface area contributed by atoms with E-state index in [2.05, 4.69) is 42.8 Å². The molecule has 0 aliphatic heterocycles. The zero-order valence-corrected chi connectivity index (χ0v) is 12.2. The summed E-state index contributed by atoms with van der Waals surface area (Å²) in [5.41, 5.74) is 3.61. The molecule has 0 saturated heterocycles. The van der Waals surface area contributed by atoms with Crippen molar-refractivity contribution in [3.8, 4) is 0 Å². The Balaban J connectivity index is 2.51. The Morgan fingerprint density at radius 2 is 2.00 bits per heavy atom. The summed E-state index contributed by atoms with van der Waals surface area (Å²) in [5, 5.41) is 17.5. The van der Waals surface area contributed by atoms with Crippen LogP contribution in [0.4, 0.5) is 0 Å². The van der Waals surface area contributed by atoms with Crippen molar-refractivity contribution in [1.82, 2.24) is 15.1 Å². The summed E-state index contributed by atoms with van der Waals surface area (Å²) in [6, 6.07) is 0. The standard InChI is InChI=1S/C14H27N3O/c1-5-7-13(18)9-15-10-14-11(3)16-17(8-6-2)12(14)4/h13,15,18H,5-10H2,1-4H3. The van der Waals surface area contributed by atoms with Crippen molar-refractivity contribution < 1.29 is 5.11 Å². The molecule has 1 heterocycles. The molecule has 0 radical (unpaired) electrons. The average Bonchev–Trinajstić information content (AvgIpc) is 2.57. The van der Waals surface area contributed by atoms with E-state index in [0.717, 1.165) is 38.0 Å². The van der Waals surface area contributed by atoms with Crippen molar-refractivity contribution in [2.75, 3.05) is 6.54 Å². The fourth-order valence-corrected chi connectivity index (χ4v) is 2.22. The predicted octanol–water partition coefficient (Wildman–Crippen LogP) is 2.16. The molecule has 0 spiro atoms. The van der Waals surface area contributed by atoms with Crippen molar-refractivity contribution in [2.24, 2.45) is 0 Å². The van der Waals surface area contributed by atoms with E-state index in [0.29, 0.717) is 6.54 Å². The van der Waals surface area contributed by atoms with Crippen molar-refractivity contribution in [3.63, 3.8) is 0 Å². The van der Waals surface area contributed by atoms with Crippen LogP contribution in [0.1, 0.15) is 50.1 Å². The first kappa shape index (κ1) is 15.2. The van der Waals surface area contributed by atoms with Gasteiger partial charge in [-0.25, -0.2) is 0 Å². The molecule has 0 aliphatic carbocycles. The number of rotatable bonds is 8. The molecule has 0 saturated carbocycles. The number of hydrogen-bond acceptors (Lipinski definition) is 3. The lowest BCUT2D eigenvalue weighted by Gasteiger charge is -2.11. The van der Waals surface area contributed by atoms with E-state index in [1.807, 2.05) is 0 Å². The minimum absolute atomic E-state index is 0.235. The summed E-state index contributed by atoms with van der Waals surface area (Å²) in [6.07, 6.45) is 2.75. The second kappa shape index (κ2) is 7.54. The van der Waals surface area contributed by atoms with Gasteiger partial charge in [0.05, 0.1) is 11.8 Å². The van der Waals surface area contributed by atoms with Crippen molar-refractivity contribution in [2.45, 2.75) is 66.2 Å². The Morgan fingerprint density at radius 3 is 2.61 bits per heavy atom. The molecule has 104 valence electrons. The Hall–Kier alpha value is -0.870. The Morgan fingerprint density at radius 1 is 1.28 bits per heavy atom. The second-order valence-corrected chi connectivity index (χ2v) is 4.95. The lowest BCUT2D eigenvalue weighted by molar-refractivity contribution is 0.160. The fraction of sp³-hybridized carbons (Fsp3) is 0.786. The molecular weight excluding hydrogens is 226 g/mol. The lowest BCUT2D eigenvalue weighted by atomic mass is 10.2. The number of aliphatic hydroxyl groups excluding tert-OH is 1. The summed E-state index contributed by atoms with van der Waals surface area (Å²) in [5.74, 6) is 0. The molecule has 1 aromatic rings. The number of hydrogen-bond donors (Lipinski definition) is 2. The van der Waals surface area contributed by atoms with Gasteiger partial charge in [-0.05, 0) is 26.7 Å². The number of nitrogens with zero attached hydrogens (tertiary/aromatic N) is 2. The summed E-state index contributed by atoms with van der Waals surface area (Å²) in [4.78, 5) is 0. The van der Waals surface area contributed by atoms with Crippen LogP contribution in [-0.2, 0) is 13.1 Å². The molecular formula is C14H27N3O. The Kier molecular flexibility index (Phi) is 6.36. The van der Waals surface area contributed by atoms with Gasteiger partial charge in [0.25, 0.3) is 0 Å². The molecule has 1 atom stereocenters. The molecule has 0 aliphatic rings. The third-order valence-electron chi connectivity index (χ3n) is 3.27. The van der Waals surface area contributed by atoms with Crippen LogP contribution in [0.3, 0.4) is 0 Å². The molecule has 2 N–H and O–H groups in total. The molecule has 1 rings (SSSR count). The number of aryl methyl sites for hydroxylation is 2. The Labute approximate surface area is 110 Å². The largest absolute Gasteiger partial charge is 0.392 e. The van der Waals surface area contributed by atoms with Gasteiger partial charge < -0.3 is 10.4 Å². The van der Waals surface area contributed by atoms with Crippen molar-refractivity contribution in [3.05, 3.63) is 17.0 Å². The minimum atomic E-state index is -0.235. The van der Waals surface area contributed by atoms with Gasteiger partial charge in [-0.1, -0.05) is 20.3 Å². The quantitative estimate of drug-likeness (QED) is 0.746. The molecule has 4 heteroatoms. The summed E-state index contributed by atoms with van der Waals surface area (Å²) in [6.45, 7) is 10.9. The van der Waals surface area contributed by atoms with Crippen LogP contribution in [0.25, 0.3) is 0 Å². The van der Waals surface area contributed by atoms with E-state index in [9.17, 15) is 5.11 Å². The van der Waals surface area contributed by atoms with Crippen molar-refractivity contribution >= 4 is 0 Å². The fourth-order valence-electron chi connectivity index (χ4n) is 2.22. The predicted molar refractivity (Wildman–Crippen MR) is 74.6 cm³/mol. The van der Waals surface area contributed by atoms with Gasteiger partial charge in [-0.2, -0.15) is 5.10 Å². The van der Waals surface area contributed by atoms with Gasteiger partial charge >= 0.3 is 0 Å². The zero-order valence-electron chi connectivity index (χ0n) is 12.2. The van der Waals surface area contributed by atoms with Gasteiger partial charge in [0, 0.05) is 30.9 Å². The molecule has 18 heavy (non-hydrogen) atoms. The first-order valence-electron chi connectivity index (χ1n) is 7.01. The maximum absolute atomic E-state index is 9.67. The normalized spacial score (nSPS) is 12.9. The molecule has 1 unspecified atom stereocenters. The van der Waals surface area contributed by atoms with E-state index in [4.69, 9.17) is 0 Å². The van der Waals surface area contributed by atoms with Crippen LogP contribution >= 0.6 is 0 Å². The van der Waals surface area contributed by atoms with Crippen LogP contribution in [0.15, 0.2) is 0 Å². The highest BCUT2D eigenvalue weighted by Crippen LogP contribution is 2.13. The second-order valence-electron chi connectivity index (χ2n) is 4.95. The van der Waals surface area contributed by atoms with E-state index in [1.165, 1.54) is 11.3 Å². The third-order valence-corrected chi connectivity index (χ3v) is 3.27. The van der Waals surface area contributed by atoms with E-state index in [-0.39, 0.29) is 6.10 Å². The zero-order chi connectivity index (χ0) is 13.5. The van der Waals surface area contributed by atoms with E-state index in [1.54, 1.807) is 0 Å². The van der Waals surface area contributed by atoms with Gasteiger partial charge in [-0.3, -0.25) is 4.68 Å². The molecule has 4 nitrogen and oxygen atoms in total. The molecule has 1 aromatic heterocycles. The highest BCUT2D eigenvalue weighted by Gasteiger charge is 2.11. The maximum Gasteiger partial charge on any atom is 0.0664 e. The van der Waals surface area contributed by atoms with Crippen LogP contribution < -0.4 is 5.32 Å². The average molecular weight is 253 g/mol. The monoisotopic (exact) mass is 253 g/mol. The smallest absolute Gasteiger partial charge is 0.0664 e. The van der Waals surface area contributed by atoms with E-state index >= 15 is 0 Å². The molecule has 0 bridgehead atoms. The highest BCUT2D eigenvalue weighted by molar-refractivity contribution is 5.24. The molecule has 0 aromatic carbocycles. The lowest BCUT2D eigenvalue weighted by Crippen LogP contribution is -2.26. The minimum Gasteiger partial charge on any atom is -0.392 e. The van der Waals surface area contributed by atoms with Gasteiger partial charge in [0.1, 0.15) is 0 Å². The topological polar surface area (TPSA) is 50.1 Å². The molecule has 0 fully saturated rings.